The first kappa shape index (κ1) is 14.9. The third kappa shape index (κ3) is 2.82. The summed E-state index contributed by atoms with van der Waals surface area (Å²) in [7, 11) is 0. The van der Waals surface area contributed by atoms with Crippen LogP contribution in [0.3, 0.4) is 0 Å². The van der Waals surface area contributed by atoms with Crippen LogP contribution in [0.1, 0.15) is 44.9 Å². The molecule has 2 aliphatic carbocycles. The van der Waals surface area contributed by atoms with E-state index in [0.717, 1.165) is 43.8 Å². The van der Waals surface area contributed by atoms with Crippen LogP contribution in [0.4, 0.5) is 0 Å². The van der Waals surface area contributed by atoms with Crippen molar-refractivity contribution in [1.29, 1.82) is 0 Å². The van der Waals surface area contributed by atoms with Crippen LogP contribution in [0.25, 0.3) is 0 Å². The molecule has 0 bridgehead atoms. The second kappa shape index (κ2) is 5.78. The van der Waals surface area contributed by atoms with Crippen LogP contribution < -0.4 is 16.4 Å². The number of rotatable bonds is 3. The molecule has 4 aliphatic rings. The topological polar surface area (TPSA) is 112 Å². The van der Waals surface area contributed by atoms with Crippen LogP contribution in [-0.4, -0.2) is 53.0 Å². The van der Waals surface area contributed by atoms with Crippen molar-refractivity contribution in [3.63, 3.8) is 0 Å². The average Bonchev–Trinajstić information content (AvgIpc) is 3.10. The first-order valence-electron chi connectivity index (χ1n) is 8.75. The molecule has 0 radical (unpaired) electrons. The number of fused-ring (bicyclic) bond motifs is 2. The van der Waals surface area contributed by atoms with E-state index in [4.69, 9.17) is 15.7 Å². The number of hydrogen-bond donors (Lipinski definition) is 4. The van der Waals surface area contributed by atoms with Crippen molar-refractivity contribution >= 4 is 17.6 Å². The van der Waals surface area contributed by atoms with Crippen LogP contribution >= 0.6 is 0 Å². The zero-order chi connectivity index (χ0) is 16.0. The summed E-state index contributed by atoms with van der Waals surface area (Å²) in [6, 6.07) is 1.16. The molecule has 2 fully saturated rings. The highest BCUT2D eigenvalue weighted by Crippen LogP contribution is 2.30. The summed E-state index contributed by atoms with van der Waals surface area (Å²) in [6.07, 6.45) is 6.31. The van der Waals surface area contributed by atoms with E-state index >= 15 is 0 Å². The van der Waals surface area contributed by atoms with Crippen molar-refractivity contribution in [2.75, 3.05) is 0 Å². The zero-order valence-corrected chi connectivity index (χ0v) is 13.2. The van der Waals surface area contributed by atoms with E-state index < -0.39 is 5.97 Å². The number of carboxylic acids is 1. The van der Waals surface area contributed by atoms with E-state index in [1.165, 1.54) is 0 Å². The fraction of sp³-hybridized carbons (Fsp3) is 0.812. The van der Waals surface area contributed by atoms with Crippen LogP contribution in [0.2, 0.25) is 0 Å². The maximum Gasteiger partial charge on any atom is 0.306 e. The second-order valence-corrected chi connectivity index (χ2v) is 7.33. The summed E-state index contributed by atoms with van der Waals surface area (Å²) in [5.41, 5.74) is 6.18. The summed E-state index contributed by atoms with van der Waals surface area (Å²) < 4.78 is 0. The lowest BCUT2D eigenvalue weighted by Gasteiger charge is -2.29. The minimum atomic E-state index is -0.688. The Labute approximate surface area is 135 Å². The molecule has 5 N–H and O–H groups in total. The molecule has 126 valence electrons. The molecule has 2 aliphatic heterocycles. The average molecular weight is 319 g/mol. The van der Waals surface area contributed by atoms with Gasteiger partial charge in [-0.3, -0.25) is 14.8 Å². The van der Waals surface area contributed by atoms with Crippen molar-refractivity contribution in [1.82, 2.24) is 10.6 Å². The molecule has 4 rings (SSSR count). The number of hydrogen-bond acceptors (Lipinski definition) is 6. The van der Waals surface area contributed by atoms with E-state index in [1.54, 1.807) is 0 Å². The van der Waals surface area contributed by atoms with Crippen LogP contribution in [0.5, 0.6) is 0 Å². The quantitative estimate of drug-likeness (QED) is 0.596. The van der Waals surface area contributed by atoms with Gasteiger partial charge in [0.25, 0.3) is 0 Å². The number of carboxylic acid groups (broad SMARTS) is 1. The largest absolute Gasteiger partial charge is 0.481 e. The van der Waals surface area contributed by atoms with Gasteiger partial charge in [-0.25, -0.2) is 0 Å². The molecule has 6 atom stereocenters. The van der Waals surface area contributed by atoms with Crippen molar-refractivity contribution < 1.29 is 9.90 Å². The molecule has 0 saturated heterocycles. The van der Waals surface area contributed by atoms with E-state index in [2.05, 4.69) is 10.6 Å². The van der Waals surface area contributed by atoms with E-state index in [9.17, 15) is 9.90 Å². The molecule has 0 aromatic carbocycles. The maximum absolute atomic E-state index is 11.2. The Kier molecular flexibility index (Phi) is 3.75. The third-order valence-electron chi connectivity index (χ3n) is 5.73. The number of aliphatic carboxylic acids is 1. The number of amidine groups is 2. The highest BCUT2D eigenvalue weighted by molar-refractivity contribution is 6.04. The molecule has 23 heavy (non-hydrogen) atoms. The molecule has 0 amide bonds. The lowest BCUT2D eigenvalue weighted by atomic mass is 9.83. The summed E-state index contributed by atoms with van der Waals surface area (Å²) >= 11 is 0. The van der Waals surface area contributed by atoms with Crippen molar-refractivity contribution in [3.8, 4) is 0 Å². The predicted octanol–water partition coefficient (Wildman–Crippen LogP) is 0.250. The monoisotopic (exact) mass is 319 g/mol. The zero-order valence-electron chi connectivity index (χ0n) is 13.2. The van der Waals surface area contributed by atoms with Gasteiger partial charge in [-0.2, -0.15) is 0 Å². The maximum atomic E-state index is 11.2. The summed E-state index contributed by atoms with van der Waals surface area (Å²) in [5, 5.41) is 16.2. The van der Waals surface area contributed by atoms with Crippen LogP contribution in [0, 0.1) is 5.92 Å². The van der Waals surface area contributed by atoms with Gasteiger partial charge in [-0.15, -0.1) is 0 Å². The van der Waals surface area contributed by atoms with Gasteiger partial charge in [-0.1, -0.05) is 0 Å². The molecule has 2 heterocycles. The van der Waals surface area contributed by atoms with E-state index in [-0.39, 0.29) is 24.0 Å². The van der Waals surface area contributed by atoms with Crippen LogP contribution in [-0.2, 0) is 4.79 Å². The SMILES string of the molecule is NC1CCCC2NC(CC3=NC4CC(C(=O)O)CCC4N3)=NC12. The van der Waals surface area contributed by atoms with Crippen LogP contribution in [0.15, 0.2) is 9.98 Å². The highest BCUT2D eigenvalue weighted by Gasteiger charge is 2.39. The lowest BCUT2D eigenvalue weighted by molar-refractivity contribution is -0.143. The fourth-order valence-electron chi connectivity index (χ4n) is 4.47. The minimum absolute atomic E-state index is 0.103. The molecular formula is C16H25N5O2. The molecule has 7 nitrogen and oxygen atoms in total. The highest BCUT2D eigenvalue weighted by atomic mass is 16.4. The molecule has 0 spiro atoms. The van der Waals surface area contributed by atoms with E-state index in [1.807, 2.05) is 0 Å². The number of nitrogens with one attached hydrogen (secondary N) is 2. The Morgan fingerprint density at radius 2 is 1.91 bits per heavy atom. The Morgan fingerprint density at radius 1 is 1.13 bits per heavy atom. The fourth-order valence-corrected chi connectivity index (χ4v) is 4.47. The van der Waals surface area contributed by atoms with E-state index in [0.29, 0.717) is 24.9 Å². The first-order chi connectivity index (χ1) is 11.1. The number of nitrogens with zero attached hydrogens (tertiary/aromatic N) is 2. The minimum Gasteiger partial charge on any atom is -0.481 e. The van der Waals surface area contributed by atoms with Crippen molar-refractivity contribution in [2.24, 2.45) is 21.6 Å². The Hall–Kier alpha value is -1.63. The molecule has 2 saturated carbocycles. The Bertz CT molecular complexity index is 561. The number of carbonyl (C=O) groups is 1. The van der Waals surface area contributed by atoms with Gasteiger partial charge in [0.2, 0.25) is 0 Å². The van der Waals surface area contributed by atoms with Gasteiger partial charge in [0.1, 0.15) is 11.7 Å². The molecule has 0 aromatic heterocycles. The normalized spacial score (nSPS) is 42.0. The Balaban J connectivity index is 1.40. The number of nitrogens with two attached hydrogens (primary N) is 1. The van der Waals surface area contributed by atoms with Gasteiger partial charge in [0, 0.05) is 12.1 Å². The third-order valence-corrected chi connectivity index (χ3v) is 5.73. The summed E-state index contributed by atoms with van der Waals surface area (Å²) in [4.78, 5) is 20.7. The summed E-state index contributed by atoms with van der Waals surface area (Å²) in [6.45, 7) is 0. The molecular weight excluding hydrogens is 294 g/mol. The molecule has 6 unspecified atom stereocenters. The Morgan fingerprint density at radius 3 is 2.70 bits per heavy atom. The van der Waals surface area contributed by atoms with Gasteiger partial charge in [0.15, 0.2) is 0 Å². The lowest BCUT2D eigenvalue weighted by Crippen LogP contribution is -2.48. The smallest absolute Gasteiger partial charge is 0.306 e. The summed E-state index contributed by atoms with van der Waals surface area (Å²) in [5.74, 6) is 0.998. The molecule has 0 aromatic rings. The number of aliphatic imine (C=N–C) groups is 2. The molecule has 7 heteroatoms. The van der Waals surface area contributed by atoms with Gasteiger partial charge in [-0.05, 0) is 38.5 Å². The van der Waals surface area contributed by atoms with Gasteiger partial charge >= 0.3 is 5.97 Å². The van der Waals surface area contributed by atoms with Crippen molar-refractivity contribution in [2.45, 2.75) is 75.2 Å². The predicted molar refractivity (Wildman–Crippen MR) is 87.7 cm³/mol. The second-order valence-electron chi connectivity index (χ2n) is 7.33. The van der Waals surface area contributed by atoms with Gasteiger partial charge in [0.05, 0.1) is 30.5 Å². The van der Waals surface area contributed by atoms with Gasteiger partial charge < -0.3 is 21.5 Å². The standard InChI is InChI=1S/C16H25N5O2/c17-9-2-1-3-11-15(9)21-14(19-11)7-13-18-10-5-4-8(16(22)23)6-12(10)20-13/h8-12,15H,1-7,17H2,(H,18,20)(H,19,21)(H,22,23). The van der Waals surface area contributed by atoms with Crippen molar-refractivity contribution in [3.05, 3.63) is 0 Å². The first-order valence-corrected chi connectivity index (χ1v) is 8.75.